The van der Waals surface area contributed by atoms with Gasteiger partial charge in [-0.3, -0.25) is 0 Å². The van der Waals surface area contributed by atoms with Gasteiger partial charge < -0.3 is 10.1 Å². The van der Waals surface area contributed by atoms with E-state index in [0.29, 0.717) is 5.92 Å². The van der Waals surface area contributed by atoms with E-state index in [4.69, 9.17) is 4.74 Å². The first-order valence-electron chi connectivity index (χ1n) is 7.74. The maximum absolute atomic E-state index is 6.44. The smallest absolute Gasteiger partial charge is 0.128 e. The highest BCUT2D eigenvalue weighted by atomic mass is 16.5. The fraction of sp³-hybridized carbons (Fsp3) is 0.368. The molecule has 0 bridgehead atoms. The van der Waals surface area contributed by atoms with Crippen LogP contribution < -0.4 is 10.1 Å². The van der Waals surface area contributed by atoms with Gasteiger partial charge in [0.15, 0.2) is 0 Å². The summed E-state index contributed by atoms with van der Waals surface area (Å²) in [5.74, 6) is 1.52. The van der Waals surface area contributed by atoms with Crippen LogP contribution in [0.1, 0.15) is 29.2 Å². The van der Waals surface area contributed by atoms with E-state index in [1.54, 1.807) is 0 Å². The Balaban J connectivity index is 1.93. The molecule has 2 nitrogen and oxygen atoms in total. The molecular weight excluding hydrogens is 258 g/mol. The molecule has 1 aliphatic carbocycles. The molecular formula is C19H23NO. The lowest BCUT2D eigenvalue weighted by Crippen LogP contribution is -2.32. The van der Waals surface area contributed by atoms with Gasteiger partial charge in [0, 0.05) is 12.5 Å². The summed E-state index contributed by atoms with van der Waals surface area (Å²) in [6.07, 6.45) is 2.47. The largest absolute Gasteiger partial charge is 0.485 e. The molecule has 0 radical (unpaired) electrons. The number of rotatable bonds is 4. The molecule has 2 atom stereocenters. The predicted octanol–water partition coefficient (Wildman–Crippen LogP) is 3.90. The summed E-state index contributed by atoms with van der Waals surface area (Å²) in [6, 6.07) is 17.0. The molecule has 0 amide bonds. The van der Waals surface area contributed by atoms with Crippen LogP contribution in [-0.2, 0) is 6.42 Å². The molecule has 1 aliphatic rings. The van der Waals surface area contributed by atoms with E-state index in [2.05, 4.69) is 54.7 Å². The summed E-state index contributed by atoms with van der Waals surface area (Å²) < 4.78 is 6.44. The van der Waals surface area contributed by atoms with Gasteiger partial charge in [0.25, 0.3) is 0 Å². The number of benzene rings is 2. The van der Waals surface area contributed by atoms with Crippen molar-refractivity contribution in [2.45, 2.75) is 25.9 Å². The summed E-state index contributed by atoms with van der Waals surface area (Å²) in [4.78, 5) is 0. The Morgan fingerprint density at radius 3 is 2.67 bits per heavy atom. The summed E-state index contributed by atoms with van der Waals surface area (Å²) in [5.41, 5.74) is 3.99. The Morgan fingerprint density at radius 1 is 1.10 bits per heavy atom. The van der Waals surface area contributed by atoms with Crippen LogP contribution in [0, 0.1) is 12.8 Å². The molecule has 0 unspecified atom stereocenters. The van der Waals surface area contributed by atoms with Gasteiger partial charge in [-0.1, -0.05) is 42.5 Å². The van der Waals surface area contributed by atoms with Gasteiger partial charge >= 0.3 is 0 Å². The molecule has 2 aromatic carbocycles. The van der Waals surface area contributed by atoms with E-state index < -0.39 is 0 Å². The maximum atomic E-state index is 6.44. The van der Waals surface area contributed by atoms with Crippen molar-refractivity contribution in [3.05, 3.63) is 65.2 Å². The fourth-order valence-electron chi connectivity index (χ4n) is 3.24. The number of ether oxygens (including phenoxy) is 1. The first kappa shape index (κ1) is 14.2. The SMILES string of the molecule is CNC[C@H]1CCc2ccccc2[C@@H]1Oc1ccccc1C. The lowest BCUT2D eigenvalue weighted by Gasteiger charge is -2.34. The lowest BCUT2D eigenvalue weighted by atomic mass is 9.81. The van der Waals surface area contributed by atoms with Crippen molar-refractivity contribution in [3.63, 3.8) is 0 Å². The first-order valence-corrected chi connectivity index (χ1v) is 7.74. The average molecular weight is 281 g/mol. The molecule has 0 spiro atoms. The zero-order valence-electron chi connectivity index (χ0n) is 12.8. The fourth-order valence-corrected chi connectivity index (χ4v) is 3.24. The second kappa shape index (κ2) is 6.31. The van der Waals surface area contributed by atoms with Crippen LogP contribution >= 0.6 is 0 Å². The number of hydrogen-bond donors (Lipinski definition) is 1. The highest BCUT2D eigenvalue weighted by molar-refractivity contribution is 5.36. The van der Waals surface area contributed by atoms with E-state index in [-0.39, 0.29) is 6.10 Å². The van der Waals surface area contributed by atoms with Crippen LogP contribution in [-0.4, -0.2) is 13.6 Å². The minimum Gasteiger partial charge on any atom is -0.485 e. The molecule has 0 fully saturated rings. The molecule has 2 aromatic rings. The van der Waals surface area contributed by atoms with Crippen molar-refractivity contribution in [2.75, 3.05) is 13.6 Å². The second-order valence-corrected chi connectivity index (χ2v) is 5.86. The van der Waals surface area contributed by atoms with Gasteiger partial charge in [0.1, 0.15) is 11.9 Å². The van der Waals surface area contributed by atoms with Crippen molar-refractivity contribution in [3.8, 4) is 5.75 Å². The number of hydrogen-bond acceptors (Lipinski definition) is 2. The lowest BCUT2D eigenvalue weighted by molar-refractivity contribution is 0.118. The molecule has 0 aromatic heterocycles. The molecule has 1 N–H and O–H groups in total. The van der Waals surface area contributed by atoms with E-state index in [9.17, 15) is 0 Å². The molecule has 0 heterocycles. The molecule has 2 heteroatoms. The molecule has 0 saturated carbocycles. The molecule has 110 valence electrons. The third kappa shape index (κ3) is 2.96. The number of nitrogens with one attached hydrogen (secondary N) is 1. The summed E-state index contributed by atoms with van der Waals surface area (Å²) in [7, 11) is 2.02. The molecule has 0 saturated heterocycles. The zero-order valence-corrected chi connectivity index (χ0v) is 12.8. The van der Waals surface area contributed by atoms with Crippen molar-refractivity contribution < 1.29 is 4.74 Å². The minimum absolute atomic E-state index is 0.142. The van der Waals surface area contributed by atoms with Gasteiger partial charge in [-0.25, -0.2) is 0 Å². The van der Waals surface area contributed by atoms with Gasteiger partial charge in [0.2, 0.25) is 0 Å². The van der Waals surface area contributed by atoms with E-state index in [0.717, 1.165) is 18.7 Å². The Labute approximate surface area is 127 Å². The van der Waals surface area contributed by atoms with Gasteiger partial charge in [-0.15, -0.1) is 0 Å². The van der Waals surface area contributed by atoms with E-state index in [1.165, 1.54) is 23.1 Å². The molecule has 0 aliphatic heterocycles. The van der Waals surface area contributed by atoms with Crippen molar-refractivity contribution in [1.29, 1.82) is 0 Å². The number of aryl methyl sites for hydroxylation is 2. The number of fused-ring (bicyclic) bond motifs is 1. The van der Waals surface area contributed by atoms with Gasteiger partial charge in [-0.2, -0.15) is 0 Å². The zero-order chi connectivity index (χ0) is 14.7. The minimum atomic E-state index is 0.142. The summed E-state index contributed by atoms with van der Waals surface area (Å²) >= 11 is 0. The average Bonchev–Trinajstić information content (AvgIpc) is 2.52. The number of para-hydroxylation sites is 1. The summed E-state index contributed by atoms with van der Waals surface area (Å²) in [6.45, 7) is 3.10. The van der Waals surface area contributed by atoms with Crippen molar-refractivity contribution in [1.82, 2.24) is 5.32 Å². The van der Waals surface area contributed by atoms with Crippen LogP contribution in [0.3, 0.4) is 0 Å². The summed E-state index contributed by atoms with van der Waals surface area (Å²) in [5, 5.41) is 3.32. The van der Waals surface area contributed by atoms with Crippen molar-refractivity contribution in [2.24, 2.45) is 5.92 Å². The second-order valence-electron chi connectivity index (χ2n) is 5.86. The van der Waals surface area contributed by atoms with Crippen LogP contribution in [0.4, 0.5) is 0 Å². The Morgan fingerprint density at radius 2 is 1.86 bits per heavy atom. The Bertz CT molecular complexity index is 608. The highest BCUT2D eigenvalue weighted by Gasteiger charge is 2.30. The topological polar surface area (TPSA) is 21.3 Å². The standard InChI is InChI=1S/C19H23NO/c1-14-7-3-6-10-18(14)21-19-16(13-20-2)12-11-15-8-4-5-9-17(15)19/h3-10,16,19-20H,11-13H2,1-2H3/t16-,19-/m1/s1. The Hall–Kier alpha value is -1.80. The van der Waals surface area contributed by atoms with Crippen molar-refractivity contribution >= 4 is 0 Å². The highest BCUT2D eigenvalue weighted by Crippen LogP contribution is 2.38. The van der Waals surface area contributed by atoms with Gasteiger partial charge in [0.05, 0.1) is 0 Å². The monoisotopic (exact) mass is 281 g/mol. The quantitative estimate of drug-likeness (QED) is 0.918. The molecule has 21 heavy (non-hydrogen) atoms. The van der Waals surface area contributed by atoms with E-state index >= 15 is 0 Å². The van der Waals surface area contributed by atoms with Crippen LogP contribution in [0.5, 0.6) is 5.75 Å². The van der Waals surface area contributed by atoms with E-state index in [1.807, 2.05) is 13.1 Å². The third-order valence-electron chi connectivity index (χ3n) is 4.39. The maximum Gasteiger partial charge on any atom is 0.128 e. The normalized spacial score (nSPS) is 20.9. The van der Waals surface area contributed by atoms with Crippen LogP contribution in [0.2, 0.25) is 0 Å². The van der Waals surface area contributed by atoms with Crippen LogP contribution in [0.25, 0.3) is 0 Å². The van der Waals surface area contributed by atoms with Gasteiger partial charge in [-0.05, 0) is 49.6 Å². The Kier molecular flexibility index (Phi) is 4.26. The third-order valence-corrected chi connectivity index (χ3v) is 4.39. The predicted molar refractivity (Wildman–Crippen MR) is 86.7 cm³/mol. The first-order chi connectivity index (χ1) is 10.3. The molecule has 3 rings (SSSR count). The van der Waals surface area contributed by atoms with Crippen LogP contribution in [0.15, 0.2) is 48.5 Å².